The molecule has 0 saturated heterocycles. The van der Waals surface area contributed by atoms with E-state index in [-0.39, 0.29) is 5.56 Å². The van der Waals surface area contributed by atoms with Gasteiger partial charge in [0.2, 0.25) is 5.79 Å². The third-order valence-corrected chi connectivity index (χ3v) is 4.97. The van der Waals surface area contributed by atoms with Crippen molar-refractivity contribution >= 4 is 6.47 Å². The molecule has 1 aromatic carbocycles. The van der Waals surface area contributed by atoms with Crippen LogP contribution in [0.25, 0.3) is 0 Å². The van der Waals surface area contributed by atoms with E-state index in [1.807, 2.05) is 0 Å². The zero-order valence-corrected chi connectivity index (χ0v) is 14.6. The monoisotopic (exact) mass is 354 g/mol. The van der Waals surface area contributed by atoms with E-state index in [1.165, 1.54) is 17.7 Å². The fraction of sp³-hybridized carbons (Fsp3) is 0.316. The van der Waals surface area contributed by atoms with Crippen molar-refractivity contribution < 1.29 is 19.0 Å². The lowest BCUT2D eigenvalue weighted by molar-refractivity contribution is -0.278. The second-order valence-electron chi connectivity index (χ2n) is 6.29. The predicted molar refractivity (Wildman–Crippen MR) is 91.6 cm³/mol. The highest BCUT2D eigenvalue weighted by Gasteiger charge is 2.60. The third-order valence-electron chi connectivity index (χ3n) is 4.97. The van der Waals surface area contributed by atoms with Crippen LogP contribution in [0.2, 0.25) is 0 Å². The van der Waals surface area contributed by atoms with Crippen molar-refractivity contribution in [3.05, 3.63) is 64.1 Å². The molecule has 26 heavy (non-hydrogen) atoms. The highest BCUT2D eigenvalue weighted by Crippen LogP contribution is 2.50. The van der Waals surface area contributed by atoms with Gasteiger partial charge < -0.3 is 18.8 Å². The molecular formula is C19H18N2O5. The van der Waals surface area contributed by atoms with Gasteiger partial charge in [-0.05, 0) is 31.2 Å². The number of methoxy groups -OCH3 is 1. The van der Waals surface area contributed by atoms with Gasteiger partial charge in [0.25, 0.3) is 12.0 Å². The summed E-state index contributed by atoms with van der Waals surface area (Å²) in [6.45, 7) is 3.58. The highest BCUT2D eigenvalue weighted by molar-refractivity contribution is 5.49. The van der Waals surface area contributed by atoms with Crippen molar-refractivity contribution in [2.45, 2.75) is 31.3 Å². The molecular weight excluding hydrogens is 336 g/mol. The number of carbonyl (C=O) groups excluding carboxylic acids is 1. The van der Waals surface area contributed by atoms with Crippen LogP contribution in [0, 0.1) is 11.3 Å². The van der Waals surface area contributed by atoms with Gasteiger partial charge in [0.15, 0.2) is 5.60 Å². The number of ether oxygens (including phenoxy) is 3. The molecule has 1 aliphatic rings. The van der Waals surface area contributed by atoms with Crippen LogP contribution in [0.1, 0.15) is 31.0 Å². The maximum atomic E-state index is 12.5. The van der Waals surface area contributed by atoms with Crippen molar-refractivity contribution in [3.8, 4) is 11.8 Å². The number of rotatable bonds is 4. The summed E-state index contributed by atoms with van der Waals surface area (Å²) in [6.07, 6.45) is 1.60. The SMILES string of the molecule is COC1(C)Oc2ccc(C#N)cc2C(n2ccccc2=O)C1(C)OC=O. The van der Waals surface area contributed by atoms with Gasteiger partial charge >= 0.3 is 0 Å². The summed E-state index contributed by atoms with van der Waals surface area (Å²) in [7, 11) is 1.44. The number of aromatic nitrogens is 1. The lowest BCUT2D eigenvalue weighted by Gasteiger charge is -2.51. The molecule has 3 rings (SSSR count). The number of carbonyl (C=O) groups is 1. The molecule has 2 aromatic rings. The Bertz CT molecular complexity index is 947. The molecule has 0 saturated carbocycles. The van der Waals surface area contributed by atoms with Crippen LogP contribution in [-0.4, -0.2) is 29.5 Å². The molecule has 0 fully saturated rings. The Morgan fingerprint density at radius 2 is 2.08 bits per heavy atom. The Balaban J connectivity index is 2.37. The molecule has 2 heterocycles. The van der Waals surface area contributed by atoms with Crippen molar-refractivity contribution in [3.63, 3.8) is 0 Å². The molecule has 0 radical (unpaired) electrons. The van der Waals surface area contributed by atoms with E-state index in [4.69, 9.17) is 14.2 Å². The average Bonchev–Trinajstić information content (AvgIpc) is 2.64. The molecule has 1 aliphatic heterocycles. The first kappa shape index (κ1) is 17.7. The molecule has 3 atom stereocenters. The second-order valence-corrected chi connectivity index (χ2v) is 6.29. The fourth-order valence-electron chi connectivity index (χ4n) is 3.37. The lowest BCUT2D eigenvalue weighted by Crippen LogP contribution is -2.64. The first-order valence-corrected chi connectivity index (χ1v) is 7.97. The second kappa shape index (κ2) is 6.32. The van der Waals surface area contributed by atoms with E-state index >= 15 is 0 Å². The Labute approximate surface area is 150 Å². The largest absolute Gasteiger partial charge is 0.458 e. The molecule has 7 nitrogen and oxygen atoms in total. The molecule has 1 aromatic heterocycles. The maximum Gasteiger partial charge on any atom is 0.293 e. The van der Waals surface area contributed by atoms with Crippen LogP contribution in [0.5, 0.6) is 5.75 Å². The topological polar surface area (TPSA) is 90.6 Å². The van der Waals surface area contributed by atoms with Gasteiger partial charge in [-0.25, -0.2) is 0 Å². The van der Waals surface area contributed by atoms with Crippen LogP contribution in [0.3, 0.4) is 0 Å². The van der Waals surface area contributed by atoms with E-state index in [0.717, 1.165) is 0 Å². The van der Waals surface area contributed by atoms with Crippen molar-refractivity contribution in [1.82, 2.24) is 4.57 Å². The smallest absolute Gasteiger partial charge is 0.293 e. The standard InChI is InChI=1S/C19H18N2O5/c1-18(25-12-22)17(21-9-5-4-6-16(21)23)14-10-13(11-20)7-8-15(14)26-19(18,2)24-3/h4-10,12,17H,1-3H3. The van der Waals surface area contributed by atoms with Crippen LogP contribution in [0.15, 0.2) is 47.4 Å². The summed E-state index contributed by atoms with van der Waals surface area (Å²) in [4.78, 5) is 23.9. The van der Waals surface area contributed by atoms with Gasteiger partial charge in [0.05, 0.1) is 11.6 Å². The number of nitrogens with zero attached hydrogens (tertiary/aromatic N) is 2. The first-order valence-electron chi connectivity index (χ1n) is 7.97. The number of fused-ring (bicyclic) bond motifs is 1. The fourth-order valence-corrected chi connectivity index (χ4v) is 3.37. The van der Waals surface area contributed by atoms with E-state index in [0.29, 0.717) is 23.3 Å². The third kappa shape index (κ3) is 2.47. The summed E-state index contributed by atoms with van der Waals surface area (Å²) in [5, 5.41) is 9.26. The number of hydrogen-bond donors (Lipinski definition) is 0. The Morgan fingerprint density at radius 1 is 1.31 bits per heavy atom. The maximum absolute atomic E-state index is 12.5. The minimum atomic E-state index is -1.38. The van der Waals surface area contributed by atoms with Gasteiger partial charge in [-0.2, -0.15) is 5.26 Å². The lowest BCUT2D eigenvalue weighted by atomic mass is 9.79. The van der Waals surface area contributed by atoms with E-state index in [2.05, 4.69) is 6.07 Å². The number of pyridine rings is 1. The molecule has 0 N–H and O–H groups in total. The summed E-state index contributed by atoms with van der Waals surface area (Å²) >= 11 is 0. The summed E-state index contributed by atoms with van der Waals surface area (Å²) in [6, 6.07) is 10.9. The average molecular weight is 354 g/mol. The minimum Gasteiger partial charge on any atom is -0.458 e. The Hall–Kier alpha value is -3.11. The van der Waals surface area contributed by atoms with Gasteiger partial charge in [-0.3, -0.25) is 9.59 Å². The molecule has 134 valence electrons. The summed E-state index contributed by atoms with van der Waals surface area (Å²) < 4.78 is 18.5. The van der Waals surface area contributed by atoms with E-state index < -0.39 is 17.4 Å². The van der Waals surface area contributed by atoms with Gasteiger partial charge in [0, 0.05) is 31.9 Å². The molecule has 0 aliphatic carbocycles. The highest BCUT2D eigenvalue weighted by atomic mass is 16.7. The molecule has 0 amide bonds. The van der Waals surface area contributed by atoms with E-state index in [9.17, 15) is 14.9 Å². The molecule has 0 bridgehead atoms. The van der Waals surface area contributed by atoms with Crippen molar-refractivity contribution in [1.29, 1.82) is 5.26 Å². The van der Waals surface area contributed by atoms with Crippen LogP contribution < -0.4 is 10.3 Å². The Kier molecular flexibility index (Phi) is 4.30. The van der Waals surface area contributed by atoms with Crippen molar-refractivity contribution in [2.75, 3.05) is 7.11 Å². The summed E-state index contributed by atoms with van der Waals surface area (Å²) in [5.74, 6) is -0.921. The molecule has 7 heteroatoms. The zero-order valence-electron chi connectivity index (χ0n) is 14.6. The first-order chi connectivity index (χ1) is 12.4. The number of benzene rings is 1. The Morgan fingerprint density at radius 3 is 2.69 bits per heavy atom. The quantitative estimate of drug-likeness (QED) is 0.780. The number of hydrogen-bond acceptors (Lipinski definition) is 6. The van der Waals surface area contributed by atoms with E-state index in [1.54, 1.807) is 50.4 Å². The van der Waals surface area contributed by atoms with Gasteiger partial charge in [-0.1, -0.05) is 6.07 Å². The predicted octanol–water partition coefficient (Wildman–Crippen LogP) is 2.00. The van der Waals surface area contributed by atoms with Crippen molar-refractivity contribution in [2.24, 2.45) is 0 Å². The zero-order chi connectivity index (χ0) is 18.9. The van der Waals surface area contributed by atoms with Crippen LogP contribution in [0.4, 0.5) is 0 Å². The molecule has 3 unspecified atom stereocenters. The normalized spacial score (nSPS) is 26.9. The number of nitriles is 1. The van der Waals surface area contributed by atoms with Crippen LogP contribution in [-0.2, 0) is 14.3 Å². The minimum absolute atomic E-state index is 0.285. The van der Waals surface area contributed by atoms with Gasteiger partial charge in [-0.15, -0.1) is 0 Å². The molecule has 0 spiro atoms. The van der Waals surface area contributed by atoms with Crippen LogP contribution >= 0.6 is 0 Å². The van der Waals surface area contributed by atoms with Gasteiger partial charge in [0.1, 0.15) is 11.8 Å². The summed E-state index contributed by atoms with van der Waals surface area (Å²) in [5.41, 5.74) is -0.714.